The minimum absolute atomic E-state index is 0.636. The van der Waals surface area contributed by atoms with Crippen molar-refractivity contribution in [1.29, 1.82) is 0 Å². The van der Waals surface area contributed by atoms with Crippen LogP contribution in [-0.4, -0.2) is 26.7 Å². The molecule has 0 bridgehead atoms. The van der Waals surface area contributed by atoms with Crippen LogP contribution in [0.4, 0.5) is 17.6 Å². The van der Waals surface area contributed by atoms with Gasteiger partial charge in [0.15, 0.2) is 5.82 Å². The van der Waals surface area contributed by atoms with Crippen molar-refractivity contribution >= 4 is 28.5 Å². The molecular formula is C23H24N6. The fourth-order valence-corrected chi connectivity index (χ4v) is 3.51. The Morgan fingerprint density at radius 2 is 1.79 bits per heavy atom. The Morgan fingerprint density at radius 1 is 0.966 bits per heavy atom. The molecule has 0 amide bonds. The van der Waals surface area contributed by atoms with Crippen LogP contribution in [-0.2, 0) is 6.42 Å². The summed E-state index contributed by atoms with van der Waals surface area (Å²) in [6, 6.07) is 20.7. The van der Waals surface area contributed by atoms with Crippen LogP contribution >= 0.6 is 0 Å². The molecule has 4 aromatic rings. The Balaban J connectivity index is 1.31. The summed E-state index contributed by atoms with van der Waals surface area (Å²) in [6.45, 7) is 0.820. The van der Waals surface area contributed by atoms with E-state index in [0.29, 0.717) is 11.9 Å². The molecule has 2 aromatic carbocycles. The quantitative estimate of drug-likeness (QED) is 0.372. The molecule has 5 rings (SSSR count). The molecule has 0 atom stereocenters. The lowest BCUT2D eigenvalue weighted by Gasteiger charge is -2.10. The number of para-hydroxylation sites is 1. The Bertz CT molecular complexity index is 1100. The average Bonchev–Trinajstić information content (AvgIpc) is 3.51. The molecule has 2 heterocycles. The zero-order valence-electron chi connectivity index (χ0n) is 16.2. The fraction of sp³-hybridized carbons (Fsp3) is 0.261. The van der Waals surface area contributed by atoms with Crippen LogP contribution in [0.15, 0.2) is 60.7 Å². The van der Waals surface area contributed by atoms with Crippen molar-refractivity contribution in [3.8, 4) is 0 Å². The lowest BCUT2D eigenvalue weighted by Crippen LogP contribution is -2.08. The van der Waals surface area contributed by atoms with Gasteiger partial charge in [-0.05, 0) is 43.4 Å². The zero-order valence-corrected chi connectivity index (χ0v) is 16.2. The predicted molar refractivity (Wildman–Crippen MR) is 117 cm³/mol. The minimum Gasteiger partial charge on any atom is -0.354 e. The number of nitrogens with one attached hydrogen (secondary N) is 3. The maximum atomic E-state index is 4.72. The van der Waals surface area contributed by atoms with Crippen LogP contribution in [0.2, 0.25) is 0 Å². The summed E-state index contributed by atoms with van der Waals surface area (Å²) in [6.07, 6.45) is 4.54. The number of aromatic amines is 1. The third kappa shape index (κ3) is 4.21. The van der Waals surface area contributed by atoms with E-state index in [4.69, 9.17) is 4.98 Å². The Labute approximate surface area is 169 Å². The van der Waals surface area contributed by atoms with E-state index in [-0.39, 0.29) is 0 Å². The summed E-state index contributed by atoms with van der Waals surface area (Å²) >= 11 is 0. The number of nitrogens with zero attached hydrogens (tertiary/aromatic N) is 3. The van der Waals surface area contributed by atoms with Crippen molar-refractivity contribution in [2.75, 3.05) is 17.2 Å². The molecule has 146 valence electrons. The first-order valence-corrected chi connectivity index (χ1v) is 10.2. The number of hydrogen-bond donors (Lipinski definition) is 3. The lowest BCUT2D eigenvalue weighted by molar-refractivity contribution is 0.854. The largest absolute Gasteiger partial charge is 0.354 e. The van der Waals surface area contributed by atoms with Crippen LogP contribution in [0.5, 0.6) is 0 Å². The molecule has 29 heavy (non-hydrogen) atoms. The molecule has 0 radical (unpaired) electrons. The van der Waals surface area contributed by atoms with Gasteiger partial charge in [-0.2, -0.15) is 10.1 Å². The SMILES string of the molecule is c1ccc(CCCNc2nc(Nc3cc(C4CC4)[nH]n3)c3ccccc3n2)cc1. The van der Waals surface area contributed by atoms with E-state index >= 15 is 0 Å². The van der Waals surface area contributed by atoms with Gasteiger partial charge in [0, 0.05) is 29.6 Å². The normalized spacial score (nSPS) is 13.5. The van der Waals surface area contributed by atoms with Crippen molar-refractivity contribution in [3.63, 3.8) is 0 Å². The van der Waals surface area contributed by atoms with Crippen molar-refractivity contribution in [2.24, 2.45) is 0 Å². The first-order chi connectivity index (χ1) is 14.3. The molecule has 0 aliphatic heterocycles. The van der Waals surface area contributed by atoms with E-state index in [1.54, 1.807) is 0 Å². The standard InChI is InChI=1S/C23H24N6/c1-2-7-16(8-3-1)9-6-14-24-23-25-19-11-5-4-10-18(19)22(27-23)26-21-15-20(28-29-21)17-12-13-17/h1-5,7-8,10-11,15,17H,6,9,12-14H2,(H3,24,25,26,27,28,29). The highest BCUT2D eigenvalue weighted by atomic mass is 15.2. The minimum atomic E-state index is 0.636. The van der Waals surface area contributed by atoms with Crippen LogP contribution < -0.4 is 10.6 Å². The maximum absolute atomic E-state index is 4.72. The van der Waals surface area contributed by atoms with Gasteiger partial charge in [0.1, 0.15) is 5.82 Å². The predicted octanol–water partition coefficient (Wildman–Crippen LogP) is 5.02. The Hall–Kier alpha value is -3.41. The second kappa shape index (κ2) is 7.91. The van der Waals surface area contributed by atoms with Gasteiger partial charge in [-0.1, -0.05) is 42.5 Å². The molecule has 6 nitrogen and oxygen atoms in total. The van der Waals surface area contributed by atoms with Crippen molar-refractivity contribution in [3.05, 3.63) is 71.9 Å². The van der Waals surface area contributed by atoms with Gasteiger partial charge in [0.25, 0.3) is 0 Å². The number of H-pyrrole nitrogens is 1. The smallest absolute Gasteiger partial charge is 0.225 e. The van der Waals surface area contributed by atoms with Gasteiger partial charge in [-0.15, -0.1) is 0 Å². The molecule has 2 aromatic heterocycles. The molecule has 0 saturated heterocycles. The Kier molecular flexibility index (Phi) is 4.82. The molecule has 1 aliphatic rings. The number of aryl methyl sites for hydroxylation is 1. The highest BCUT2D eigenvalue weighted by Crippen LogP contribution is 2.39. The summed E-state index contributed by atoms with van der Waals surface area (Å²) in [4.78, 5) is 9.40. The third-order valence-corrected chi connectivity index (χ3v) is 5.23. The van der Waals surface area contributed by atoms with Crippen LogP contribution in [0.1, 0.15) is 36.4 Å². The summed E-state index contributed by atoms with van der Waals surface area (Å²) in [5, 5.41) is 15.3. The van der Waals surface area contributed by atoms with Crippen molar-refractivity contribution in [2.45, 2.75) is 31.6 Å². The molecule has 1 aliphatic carbocycles. The summed E-state index contributed by atoms with van der Waals surface area (Å²) in [5.74, 6) is 2.85. The van der Waals surface area contributed by atoms with Gasteiger partial charge < -0.3 is 10.6 Å². The monoisotopic (exact) mass is 384 g/mol. The van der Waals surface area contributed by atoms with E-state index in [1.807, 2.05) is 30.3 Å². The topological polar surface area (TPSA) is 78.5 Å². The highest BCUT2D eigenvalue weighted by Gasteiger charge is 2.25. The lowest BCUT2D eigenvalue weighted by atomic mass is 10.1. The summed E-state index contributed by atoms with van der Waals surface area (Å²) in [7, 11) is 0. The number of anilines is 3. The molecule has 0 spiro atoms. The van der Waals surface area contributed by atoms with E-state index in [1.165, 1.54) is 24.1 Å². The number of hydrogen-bond acceptors (Lipinski definition) is 5. The first-order valence-electron chi connectivity index (χ1n) is 10.2. The maximum Gasteiger partial charge on any atom is 0.225 e. The number of fused-ring (bicyclic) bond motifs is 1. The second-order valence-electron chi connectivity index (χ2n) is 7.54. The highest BCUT2D eigenvalue weighted by molar-refractivity contribution is 5.91. The number of rotatable bonds is 8. The molecule has 3 N–H and O–H groups in total. The third-order valence-electron chi connectivity index (χ3n) is 5.23. The first kappa shape index (κ1) is 17.7. The van der Waals surface area contributed by atoms with Crippen LogP contribution in [0, 0.1) is 0 Å². The van der Waals surface area contributed by atoms with Crippen molar-refractivity contribution in [1.82, 2.24) is 20.2 Å². The number of benzene rings is 2. The number of aromatic nitrogens is 4. The van der Waals surface area contributed by atoms with Crippen LogP contribution in [0.25, 0.3) is 10.9 Å². The summed E-state index contributed by atoms with van der Waals surface area (Å²) in [5.41, 5.74) is 3.46. The van der Waals surface area contributed by atoms with Crippen molar-refractivity contribution < 1.29 is 0 Å². The van der Waals surface area contributed by atoms with Gasteiger partial charge in [-0.3, -0.25) is 5.10 Å². The average molecular weight is 384 g/mol. The zero-order chi connectivity index (χ0) is 19.5. The van der Waals surface area contributed by atoms with E-state index in [0.717, 1.165) is 41.9 Å². The van der Waals surface area contributed by atoms with Gasteiger partial charge in [0.2, 0.25) is 5.95 Å². The van der Waals surface area contributed by atoms with Gasteiger partial charge in [-0.25, -0.2) is 4.98 Å². The van der Waals surface area contributed by atoms with E-state index < -0.39 is 0 Å². The van der Waals surface area contributed by atoms with Crippen LogP contribution in [0.3, 0.4) is 0 Å². The Morgan fingerprint density at radius 3 is 2.66 bits per heavy atom. The summed E-state index contributed by atoms with van der Waals surface area (Å²) < 4.78 is 0. The molecule has 0 unspecified atom stereocenters. The second-order valence-corrected chi connectivity index (χ2v) is 7.54. The van der Waals surface area contributed by atoms with Gasteiger partial charge >= 0.3 is 0 Å². The van der Waals surface area contributed by atoms with E-state index in [2.05, 4.69) is 56.1 Å². The fourth-order valence-electron chi connectivity index (χ4n) is 3.51. The van der Waals surface area contributed by atoms with E-state index in [9.17, 15) is 0 Å². The molecule has 1 saturated carbocycles. The molecular weight excluding hydrogens is 360 g/mol. The van der Waals surface area contributed by atoms with Gasteiger partial charge in [0.05, 0.1) is 5.52 Å². The molecule has 1 fully saturated rings. The molecule has 6 heteroatoms.